The van der Waals surface area contributed by atoms with E-state index in [1.54, 1.807) is 34.9 Å². The molecule has 1 aliphatic rings. The highest BCUT2D eigenvalue weighted by atomic mass is 32.1. The number of furan rings is 1. The minimum absolute atomic E-state index is 0.0296. The lowest BCUT2D eigenvalue weighted by Crippen LogP contribution is -2.29. The molecular weight excluding hydrogens is 330 g/mol. The molecule has 3 heterocycles. The number of hydrogen-bond donors (Lipinski definition) is 0. The molecule has 0 bridgehead atoms. The Hall–Kier alpha value is -3.00. The smallest absolute Gasteiger partial charge is 0.270 e. The lowest BCUT2D eigenvalue weighted by atomic mass is 10.1. The molecule has 0 spiro atoms. The Morgan fingerprint density at radius 2 is 2.04 bits per heavy atom. The minimum Gasteiger partial charge on any atom is -0.457 e. The Balaban J connectivity index is 1.69. The maximum atomic E-state index is 12.2. The van der Waals surface area contributed by atoms with Crippen LogP contribution in [0.1, 0.15) is 5.76 Å². The van der Waals surface area contributed by atoms with Gasteiger partial charge in [-0.2, -0.15) is 0 Å². The monoisotopic (exact) mass is 341 g/mol. The molecule has 120 valence electrons. The van der Waals surface area contributed by atoms with Crippen LogP contribution in [-0.2, 0) is 6.54 Å². The van der Waals surface area contributed by atoms with Crippen LogP contribution in [0.3, 0.4) is 0 Å². The first-order valence-electron chi connectivity index (χ1n) is 7.22. The van der Waals surface area contributed by atoms with E-state index in [0.717, 1.165) is 10.4 Å². The Morgan fingerprint density at radius 1 is 1.25 bits per heavy atom. The van der Waals surface area contributed by atoms with E-state index in [-0.39, 0.29) is 11.2 Å². The van der Waals surface area contributed by atoms with Gasteiger partial charge in [0.1, 0.15) is 11.5 Å². The molecule has 0 saturated heterocycles. The van der Waals surface area contributed by atoms with Crippen LogP contribution in [0.15, 0.2) is 50.6 Å². The fraction of sp³-hybridized carbons (Fsp3) is 0.125. The third-order valence-corrected chi connectivity index (χ3v) is 4.77. The molecule has 8 heteroatoms. The number of non-ortho nitro benzene ring substituents is 1. The van der Waals surface area contributed by atoms with E-state index in [1.165, 1.54) is 23.5 Å². The summed E-state index contributed by atoms with van der Waals surface area (Å²) in [4.78, 5) is 27.5. The van der Waals surface area contributed by atoms with E-state index in [4.69, 9.17) is 4.42 Å². The van der Waals surface area contributed by atoms with E-state index in [9.17, 15) is 14.9 Å². The summed E-state index contributed by atoms with van der Waals surface area (Å²) in [6, 6.07) is 9.67. The van der Waals surface area contributed by atoms with E-state index in [2.05, 4.69) is 4.99 Å². The molecule has 7 nitrogen and oxygen atoms in total. The second-order valence-electron chi connectivity index (χ2n) is 5.24. The van der Waals surface area contributed by atoms with Crippen LogP contribution in [0.2, 0.25) is 0 Å². The summed E-state index contributed by atoms with van der Waals surface area (Å²) in [5, 5.41) is 10.7. The van der Waals surface area contributed by atoms with E-state index < -0.39 is 4.92 Å². The average Bonchev–Trinajstić information content (AvgIpc) is 3.28. The van der Waals surface area contributed by atoms with Crippen molar-refractivity contribution in [3.05, 3.63) is 72.0 Å². The van der Waals surface area contributed by atoms with Gasteiger partial charge in [0.25, 0.3) is 11.2 Å². The highest BCUT2D eigenvalue weighted by Gasteiger charge is 2.11. The molecule has 3 aromatic rings. The summed E-state index contributed by atoms with van der Waals surface area (Å²) in [6.07, 6.45) is 1.70. The zero-order chi connectivity index (χ0) is 16.7. The first-order valence-corrected chi connectivity index (χ1v) is 8.04. The third kappa shape index (κ3) is 2.46. The number of fused-ring (bicyclic) bond motifs is 1. The first kappa shape index (κ1) is 14.6. The number of benzene rings is 1. The molecule has 0 amide bonds. The molecule has 0 aliphatic carbocycles. The van der Waals surface area contributed by atoms with Gasteiger partial charge in [-0.1, -0.05) is 11.3 Å². The number of rotatable bonds is 3. The minimum atomic E-state index is -0.445. The second-order valence-corrected chi connectivity index (χ2v) is 6.25. The molecule has 4 rings (SSSR count). The average molecular weight is 341 g/mol. The second kappa shape index (κ2) is 5.57. The largest absolute Gasteiger partial charge is 0.457 e. The van der Waals surface area contributed by atoms with Gasteiger partial charge in [0, 0.05) is 30.3 Å². The van der Waals surface area contributed by atoms with Crippen molar-refractivity contribution in [3.8, 4) is 11.3 Å². The molecule has 2 aromatic heterocycles. The quantitative estimate of drug-likeness (QED) is 0.534. The molecule has 1 aromatic carbocycles. The lowest BCUT2D eigenvalue weighted by Gasteiger charge is -1.96. The molecule has 0 fully saturated rings. The van der Waals surface area contributed by atoms with E-state index in [0.29, 0.717) is 29.1 Å². The summed E-state index contributed by atoms with van der Waals surface area (Å²) in [7, 11) is 0. The maximum Gasteiger partial charge on any atom is 0.270 e. The molecule has 24 heavy (non-hydrogen) atoms. The van der Waals surface area contributed by atoms with Crippen molar-refractivity contribution < 1.29 is 9.34 Å². The summed E-state index contributed by atoms with van der Waals surface area (Å²) in [5.41, 5.74) is 0.715. The lowest BCUT2D eigenvalue weighted by molar-refractivity contribution is -0.384. The van der Waals surface area contributed by atoms with Crippen molar-refractivity contribution in [3.63, 3.8) is 0 Å². The van der Waals surface area contributed by atoms with Crippen LogP contribution >= 0.6 is 11.3 Å². The predicted molar refractivity (Wildman–Crippen MR) is 88.6 cm³/mol. The number of nitro groups is 1. The summed E-state index contributed by atoms with van der Waals surface area (Å²) < 4.78 is 7.98. The molecular formula is C16H11N3O4S. The van der Waals surface area contributed by atoms with Crippen molar-refractivity contribution in [1.82, 2.24) is 4.57 Å². The predicted octanol–water partition coefficient (Wildman–Crippen LogP) is 1.54. The van der Waals surface area contributed by atoms with Gasteiger partial charge in [-0.3, -0.25) is 24.5 Å². The van der Waals surface area contributed by atoms with Gasteiger partial charge in [-0.25, -0.2) is 0 Å². The first-order chi connectivity index (χ1) is 11.6. The summed E-state index contributed by atoms with van der Waals surface area (Å²) >= 11 is 1.35. The van der Waals surface area contributed by atoms with Crippen LogP contribution in [0.25, 0.3) is 17.4 Å². The van der Waals surface area contributed by atoms with Crippen molar-refractivity contribution in [2.75, 3.05) is 6.54 Å². The van der Waals surface area contributed by atoms with Gasteiger partial charge in [0.2, 0.25) is 0 Å². The number of thiazole rings is 1. The fourth-order valence-corrected chi connectivity index (χ4v) is 3.54. The number of hydrogen-bond acceptors (Lipinski definition) is 6. The fourth-order valence-electron chi connectivity index (χ4n) is 2.53. The number of nitro benzene ring substituents is 1. The molecule has 1 aliphatic heterocycles. The molecule has 0 saturated carbocycles. The highest BCUT2D eigenvalue weighted by Crippen LogP contribution is 2.24. The number of aromatic nitrogens is 1. The van der Waals surface area contributed by atoms with Gasteiger partial charge in [0.05, 0.1) is 16.0 Å². The van der Waals surface area contributed by atoms with Gasteiger partial charge in [-0.15, -0.1) is 0 Å². The third-order valence-electron chi connectivity index (χ3n) is 3.72. The molecule has 0 radical (unpaired) electrons. The van der Waals surface area contributed by atoms with Crippen molar-refractivity contribution >= 4 is 23.1 Å². The Labute approximate surface area is 139 Å². The van der Waals surface area contributed by atoms with Crippen molar-refractivity contribution in [2.45, 2.75) is 6.54 Å². The summed E-state index contributed by atoms with van der Waals surface area (Å²) in [6.45, 7) is 1.29. The van der Waals surface area contributed by atoms with E-state index >= 15 is 0 Å². The van der Waals surface area contributed by atoms with Gasteiger partial charge < -0.3 is 4.42 Å². The van der Waals surface area contributed by atoms with Crippen LogP contribution in [0, 0.1) is 10.1 Å². The molecule has 0 N–H and O–H groups in total. The normalized spacial score (nSPS) is 13.8. The molecule has 0 unspecified atom stereocenters. The molecule has 0 atom stereocenters. The SMILES string of the molecule is O=c1c(=Cc2ccc(-c3ccc([N+](=O)[O-])cc3)o2)sc2n1CCN=2. The van der Waals surface area contributed by atoms with Gasteiger partial charge >= 0.3 is 0 Å². The van der Waals surface area contributed by atoms with Crippen LogP contribution < -0.4 is 14.9 Å². The Bertz CT molecular complexity index is 1110. The van der Waals surface area contributed by atoms with Gasteiger partial charge in [0.15, 0.2) is 4.80 Å². The van der Waals surface area contributed by atoms with Crippen molar-refractivity contribution in [1.29, 1.82) is 0 Å². The van der Waals surface area contributed by atoms with Crippen LogP contribution in [0.4, 0.5) is 5.69 Å². The Morgan fingerprint density at radius 3 is 2.75 bits per heavy atom. The Kier molecular flexibility index (Phi) is 3.39. The summed E-state index contributed by atoms with van der Waals surface area (Å²) in [5.74, 6) is 1.14. The standard InChI is InChI=1S/C16H11N3O4S/c20-15-14(24-16-17-7-8-18(15)16)9-12-5-6-13(23-12)10-1-3-11(4-2-10)19(21)22/h1-6,9H,7-8H2. The number of nitrogens with zero attached hydrogens (tertiary/aromatic N) is 3. The zero-order valence-corrected chi connectivity index (χ0v) is 13.2. The zero-order valence-electron chi connectivity index (χ0n) is 12.3. The van der Waals surface area contributed by atoms with Gasteiger partial charge in [-0.05, 0) is 24.3 Å². The van der Waals surface area contributed by atoms with Crippen LogP contribution in [0.5, 0.6) is 0 Å². The van der Waals surface area contributed by atoms with Crippen molar-refractivity contribution in [2.24, 2.45) is 4.99 Å². The topological polar surface area (TPSA) is 90.6 Å². The van der Waals surface area contributed by atoms with E-state index in [1.807, 2.05) is 0 Å². The maximum absolute atomic E-state index is 12.2. The van der Waals surface area contributed by atoms with Crippen LogP contribution in [-0.4, -0.2) is 16.0 Å². The highest BCUT2D eigenvalue weighted by molar-refractivity contribution is 7.07.